The first-order chi connectivity index (χ1) is 25.8. The normalized spacial score (nSPS) is 13.7. The lowest BCUT2D eigenvalue weighted by molar-refractivity contribution is 0.362. The van der Waals surface area contributed by atoms with Gasteiger partial charge in [-0.25, -0.2) is 50.0 Å². The largest absolute Gasteiger partial charge is 0.321 e. The van der Waals surface area contributed by atoms with Gasteiger partial charge < -0.3 is 4.57 Å². The van der Waals surface area contributed by atoms with Crippen molar-refractivity contribution < 1.29 is 0 Å². The van der Waals surface area contributed by atoms with Gasteiger partial charge in [0.15, 0.2) is 22.9 Å². The van der Waals surface area contributed by atoms with Crippen LogP contribution in [-0.4, -0.2) is 70.0 Å². The van der Waals surface area contributed by atoms with Crippen LogP contribution in [0.4, 0.5) is 0 Å². The van der Waals surface area contributed by atoms with Gasteiger partial charge in [0.25, 0.3) is 0 Å². The Morgan fingerprint density at radius 1 is 0.654 bits per heavy atom. The van der Waals surface area contributed by atoms with Crippen molar-refractivity contribution in [2.75, 3.05) is 0 Å². The topological polar surface area (TPSA) is 175 Å². The standard InChI is InChI=1S/C38H28N14/c1-3-9-22(10-4-1)28-19-41-37-33(44-28)32(29-20-40-36-30(43-29)18-39-21-42-36)46-35(47-37)25-13-7-8-14-26(25)38-45-27-17-23(34-48-50-51-49-34)15-16-31(27)52(38)24-11-5-2-6-12-24/h1,3-4,7-10,13-21,24H,2,5-6,11-12H2,(H,48,49,50,51). The number of hydrogen-bond acceptors (Lipinski definition) is 12. The zero-order valence-electron chi connectivity index (χ0n) is 27.7. The van der Waals surface area contributed by atoms with Crippen LogP contribution < -0.4 is 0 Å². The second kappa shape index (κ2) is 12.4. The van der Waals surface area contributed by atoms with E-state index in [1.165, 1.54) is 25.6 Å². The van der Waals surface area contributed by atoms with Crippen LogP contribution in [0.3, 0.4) is 0 Å². The highest BCUT2D eigenvalue weighted by Crippen LogP contribution is 2.40. The van der Waals surface area contributed by atoms with E-state index >= 15 is 0 Å². The van der Waals surface area contributed by atoms with Gasteiger partial charge in [-0.2, -0.15) is 0 Å². The van der Waals surface area contributed by atoms with E-state index in [1.807, 2.05) is 60.7 Å². The van der Waals surface area contributed by atoms with Gasteiger partial charge in [0, 0.05) is 28.3 Å². The van der Waals surface area contributed by atoms with Crippen molar-refractivity contribution in [1.82, 2.24) is 70.0 Å². The summed E-state index contributed by atoms with van der Waals surface area (Å²) in [7, 11) is 0. The maximum atomic E-state index is 5.30. The van der Waals surface area contributed by atoms with Crippen molar-refractivity contribution in [2.45, 2.75) is 38.1 Å². The number of benzene rings is 3. The van der Waals surface area contributed by atoms with Crippen molar-refractivity contribution in [3.8, 4) is 56.8 Å². The van der Waals surface area contributed by atoms with E-state index in [2.05, 4.69) is 52.3 Å². The van der Waals surface area contributed by atoms with Crippen LogP contribution in [-0.2, 0) is 0 Å². The molecule has 10 rings (SSSR count). The predicted molar refractivity (Wildman–Crippen MR) is 194 cm³/mol. The quantitative estimate of drug-likeness (QED) is 0.193. The Morgan fingerprint density at radius 2 is 1.48 bits per heavy atom. The molecule has 52 heavy (non-hydrogen) atoms. The molecule has 1 saturated carbocycles. The average Bonchev–Trinajstić information content (AvgIpc) is 3.90. The van der Waals surface area contributed by atoms with E-state index in [0.717, 1.165) is 52.0 Å². The molecule has 0 aliphatic heterocycles. The molecule has 0 saturated heterocycles. The maximum absolute atomic E-state index is 5.30. The Labute approximate surface area is 295 Å². The third kappa shape index (κ3) is 5.19. The lowest BCUT2D eigenvalue weighted by atomic mass is 9.94. The molecule has 6 aromatic heterocycles. The van der Waals surface area contributed by atoms with E-state index in [1.54, 1.807) is 18.6 Å². The summed E-state index contributed by atoms with van der Waals surface area (Å²) in [4.78, 5) is 43.3. The zero-order chi connectivity index (χ0) is 34.4. The SMILES string of the molecule is c1ccc(-c2cnc3nc(-c4ccccc4-c4nc5cc(-c6nnn[nH]6)ccc5n4C4CCCCC4)nc(-c4cnc5ncncc5n4)c3n2)cc1. The monoisotopic (exact) mass is 680 g/mol. The Morgan fingerprint density at radius 3 is 2.35 bits per heavy atom. The lowest BCUT2D eigenvalue weighted by Gasteiger charge is -2.26. The number of imidazole rings is 1. The van der Waals surface area contributed by atoms with Crippen LogP contribution in [0.1, 0.15) is 38.1 Å². The Kier molecular flexibility index (Phi) is 7.15. The molecule has 14 heteroatoms. The van der Waals surface area contributed by atoms with E-state index in [4.69, 9.17) is 29.9 Å². The minimum atomic E-state index is 0.296. The molecule has 1 aliphatic carbocycles. The van der Waals surface area contributed by atoms with Crippen molar-refractivity contribution >= 4 is 33.4 Å². The molecule has 9 aromatic rings. The Bertz CT molecular complexity index is 2740. The first-order valence-corrected chi connectivity index (χ1v) is 17.2. The van der Waals surface area contributed by atoms with Crippen LogP contribution in [0.2, 0.25) is 0 Å². The molecule has 0 amide bonds. The third-order valence-electron chi connectivity index (χ3n) is 9.60. The number of hydrogen-bond donors (Lipinski definition) is 1. The van der Waals surface area contributed by atoms with Crippen molar-refractivity contribution in [3.63, 3.8) is 0 Å². The number of nitrogens with one attached hydrogen (secondary N) is 1. The van der Waals surface area contributed by atoms with E-state index < -0.39 is 0 Å². The van der Waals surface area contributed by atoms with Gasteiger partial charge >= 0.3 is 0 Å². The summed E-state index contributed by atoms with van der Waals surface area (Å²) in [5.74, 6) is 1.92. The summed E-state index contributed by atoms with van der Waals surface area (Å²) >= 11 is 0. The molecule has 14 nitrogen and oxygen atoms in total. The number of nitrogens with zero attached hydrogens (tertiary/aromatic N) is 13. The number of H-pyrrole nitrogens is 1. The van der Waals surface area contributed by atoms with Crippen LogP contribution in [0, 0.1) is 0 Å². The molecule has 0 atom stereocenters. The maximum Gasteiger partial charge on any atom is 0.182 e. The van der Waals surface area contributed by atoms with Crippen LogP contribution in [0.5, 0.6) is 0 Å². The molecule has 0 bridgehead atoms. The van der Waals surface area contributed by atoms with Crippen molar-refractivity contribution in [2.24, 2.45) is 0 Å². The van der Waals surface area contributed by atoms with Crippen LogP contribution >= 0.6 is 0 Å². The summed E-state index contributed by atoms with van der Waals surface area (Å²) in [6, 6.07) is 24.5. The van der Waals surface area contributed by atoms with Crippen LogP contribution in [0.15, 0.2) is 97.7 Å². The highest BCUT2D eigenvalue weighted by Gasteiger charge is 2.26. The minimum Gasteiger partial charge on any atom is -0.321 e. The molecule has 0 radical (unpaired) electrons. The lowest BCUT2D eigenvalue weighted by Crippen LogP contribution is -2.14. The fourth-order valence-electron chi connectivity index (χ4n) is 7.14. The first-order valence-electron chi connectivity index (χ1n) is 17.2. The summed E-state index contributed by atoms with van der Waals surface area (Å²) in [6.45, 7) is 0. The molecule has 1 N–H and O–H groups in total. The van der Waals surface area contributed by atoms with E-state index in [9.17, 15) is 0 Å². The zero-order valence-corrected chi connectivity index (χ0v) is 27.7. The second-order valence-electron chi connectivity index (χ2n) is 12.8. The predicted octanol–water partition coefficient (Wildman–Crippen LogP) is 6.86. The molecule has 0 spiro atoms. The molecular weight excluding hydrogens is 653 g/mol. The average molecular weight is 681 g/mol. The number of fused-ring (bicyclic) bond motifs is 3. The molecule has 250 valence electrons. The fourth-order valence-corrected chi connectivity index (χ4v) is 7.14. The third-order valence-corrected chi connectivity index (χ3v) is 9.60. The smallest absolute Gasteiger partial charge is 0.182 e. The molecule has 3 aromatic carbocycles. The molecule has 6 heterocycles. The second-order valence-corrected chi connectivity index (χ2v) is 12.8. The molecule has 1 fully saturated rings. The van der Waals surface area contributed by atoms with Gasteiger partial charge in [0.2, 0.25) is 0 Å². The molecule has 0 unspecified atom stereocenters. The van der Waals surface area contributed by atoms with Gasteiger partial charge in [-0.1, -0.05) is 73.9 Å². The first kappa shape index (κ1) is 29.9. The van der Waals surface area contributed by atoms with Gasteiger partial charge in [0.05, 0.1) is 35.3 Å². The number of aromatic nitrogens is 14. The Balaban J connectivity index is 1.19. The van der Waals surface area contributed by atoms with E-state index in [0.29, 0.717) is 57.1 Å². The van der Waals surface area contributed by atoms with Gasteiger partial charge in [-0.05, 0) is 41.5 Å². The van der Waals surface area contributed by atoms with Gasteiger partial charge in [-0.15, -0.1) is 5.10 Å². The number of aromatic amines is 1. The van der Waals surface area contributed by atoms with Crippen molar-refractivity contribution in [3.05, 3.63) is 97.7 Å². The molecule has 1 aliphatic rings. The summed E-state index contributed by atoms with van der Waals surface area (Å²) < 4.78 is 2.40. The fraction of sp³-hybridized carbons (Fsp3) is 0.158. The van der Waals surface area contributed by atoms with E-state index in [-0.39, 0.29) is 0 Å². The number of rotatable bonds is 6. The van der Waals surface area contributed by atoms with Crippen molar-refractivity contribution in [1.29, 1.82) is 0 Å². The summed E-state index contributed by atoms with van der Waals surface area (Å²) in [6.07, 6.45) is 12.2. The van der Waals surface area contributed by atoms with Crippen LogP contribution in [0.25, 0.3) is 90.2 Å². The Hall–Kier alpha value is -6.96. The summed E-state index contributed by atoms with van der Waals surface area (Å²) in [5.41, 5.74) is 9.12. The summed E-state index contributed by atoms with van der Waals surface area (Å²) in [5, 5.41) is 14.5. The van der Waals surface area contributed by atoms with Gasteiger partial charge in [0.1, 0.15) is 34.6 Å². The highest BCUT2D eigenvalue weighted by molar-refractivity contribution is 5.92. The van der Waals surface area contributed by atoms with Gasteiger partial charge in [-0.3, -0.25) is 0 Å². The minimum absolute atomic E-state index is 0.296. The number of tetrazole rings is 1. The molecular formula is C38H28N14. The highest BCUT2D eigenvalue weighted by atomic mass is 15.5.